The van der Waals surface area contributed by atoms with E-state index in [2.05, 4.69) is 15.2 Å². The third-order valence-corrected chi connectivity index (χ3v) is 4.18. The maximum Gasteiger partial charge on any atom is 0.194 e. The molecule has 1 aliphatic rings. The molecule has 0 bridgehead atoms. The molecule has 0 unspecified atom stereocenters. The van der Waals surface area contributed by atoms with Crippen molar-refractivity contribution in [3.05, 3.63) is 23.0 Å². The number of hydrogen-bond acceptors (Lipinski definition) is 2. The lowest BCUT2D eigenvalue weighted by Crippen LogP contribution is -2.43. The van der Waals surface area contributed by atoms with Gasteiger partial charge in [-0.15, -0.1) is 0 Å². The zero-order valence-corrected chi connectivity index (χ0v) is 13.8. The Balaban J connectivity index is 2.02. The van der Waals surface area contributed by atoms with Crippen LogP contribution >= 0.6 is 11.6 Å². The first-order chi connectivity index (χ1) is 9.93. The summed E-state index contributed by atoms with van der Waals surface area (Å²) in [5.41, 5.74) is 0.533. The smallest absolute Gasteiger partial charge is 0.194 e. The molecule has 0 atom stereocenters. The molecule has 5 nitrogen and oxygen atoms in total. The molecule has 2 N–H and O–H groups in total. The quantitative estimate of drug-likeness (QED) is 0.646. The summed E-state index contributed by atoms with van der Waals surface area (Å²) in [7, 11) is 3.98. The Labute approximate surface area is 131 Å². The molecule has 1 saturated carbocycles. The average Bonchev–Trinajstić information content (AvgIpc) is 2.70. The van der Waals surface area contributed by atoms with E-state index in [9.17, 15) is 5.11 Å². The minimum Gasteiger partial charge on any atom is -0.388 e. The third-order valence-electron chi connectivity index (χ3n) is 3.98. The van der Waals surface area contributed by atoms with Gasteiger partial charge in [0.05, 0.1) is 23.7 Å². The van der Waals surface area contributed by atoms with Crippen LogP contribution in [0.3, 0.4) is 0 Å². The van der Waals surface area contributed by atoms with E-state index >= 15 is 0 Å². The van der Waals surface area contributed by atoms with Crippen molar-refractivity contribution >= 4 is 17.6 Å². The highest BCUT2D eigenvalue weighted by Gasteiger charge is 2.34. The molecular formula is C15H25ClN4O. The van der Waals surface area contributed by atoms with Crippen LogP contribution in [0, 0.1) is 0 Å². The summed E-state index contributed by atoms with van der Waals surface area (Å²) in [6, 6.07) is 1.96. The summed E-state index contributed by atoms with van der Waals surface area (Å²) in [5, 5.41) is 14.2. The number of aliphatic imine (C=N–C) groups is 1. The predicted molar refractivity (Wildman–Crippen MR) is 86.7 cm³/mol. The van der Waals surface area contributed by atoms with Gasteiger partial charge in [0, 0.05) is 32.5 Å². The van der Waals surface area contributed by atoms with Gasteiger partial charge in [-0.1, -0.05) is 11.6 Å². The summed E-state index contributed by atoms with van der Waals surface area (Å²) >= 11 is 6.02. The Hall–Kier alpha value is -1.20. The van der Waals surface area contributed by atoms with Crippen LogP contribution in [0.15, 0.2) is 17.3 Å². The minimum atomic E-state index is -0.588. The van der Waals surface area contributed by atoms with Crippen molar-refractivity contribution in [1.82, 2.24) is 14.8 Å². The van der Waals surface area contributed by atoms with E-state index in [0.29, 0.717) is 13.1 Å². The van der Waals surface area contributed by atoms with E-state index in [1.807, 2.05) is 37.8 Å². The van der Waals surface area contributed by atoms with Crippen molar-refractivity contribution in [3.63, 3.8) is 0 Å². The van der Waals surface area contributed by atoms with Crippen LogP contribution in [0.25, 0.3) is 0 Å². The Morgan fingerprint density at radius 2 is 2.29 bits per heavy atom. The molecule has 118 valence electrons. The fourth-order valence-corrected chi connectivity index (χ4v) is 2.75. The number of halogens is 1. The number of rotatable bonds is 5. The van der Waals surface area contributed by atoms with Gasteiger partial charge in [-0.25, -0.2) is 0 Å². The number of hydrogen-bond donors (Lipinski definition) is 2. The summed E-state index contributed by atoms with van der Waals surface area (Å²) in [6.45, 7) is 4.03. The minimum absolute atomic E-state index is 0.466. The van der Waals surface area contributed by atoms with Crippen LogP contribution < -0.4 is 5.32 Å². The van der Waals surface area contributed by atoms with Crippen LogP contribution in [0.5, 0.6) is 0 Å². The second-order valence-corrected chi connectivity index (χ2v) is 6.30. The molecule has 1 aromatic rings. The summed E-state index contributed by atoms with van der Waals surface area (Å²) in [6.07, 6.45) is 4.70. The van der Waals surface area contributed by atoms with E-state index in [-0.39, 0.29) is 0 Å². The predicted octanol–water partition coefficient (Wildman–Crippen LogP) is 1.99. The van der Waals surface area contributed by atoms with Crippen molar-refractivity contribution < 1.29 is 5.11 Å². The molecule has 21 heavy (non-hydrogen) atoms. The van der Waals surface area contributed by atoms with Crippen LogP contribution in [0.4, 0.5) is 0 Å². The van der Waals surface area contributed by atoms with Crippen LogP contribution in [-0.2, 0) is 13.6 Å². The number of aliphatic hydroxyl groups is 1. The van der Waals surface area contributed by atoms with Gasteiger partial charge < -0.3 is 19.9 Å². The highest BCUT2D eigenvalue weighted by molar-refractivity contribution is 6.30. The summed E-state index contributed by atoms with van der Waals surface area (Å²) in [4.78, 5) is 6.63. The van der Waals surface area contributed by atoms with Gasteiger partial charge >= 0.3 is 0 Å². The Morgan fingerprint density at radius 1 is 1.57 bits per heavy atom. The van der Waals surface area contributed by atoms with Gasteiger partial charge in [-0.05, 0) is 32.3 Å². The van der Waals surface area contributed by atoms with Crippen molar-refractivity contribution in [2.24, 2.45) is 12.0 Å². The number of guanidine groups is 1. The van der Waals surface area contributed by atoms with E-state index < -0.39 is 5.60 Å². The number of aromatic nitrogens is 1. The lowest BCUT2D eigenvalue weighted by Gasteiger charge is -2.35. The van der Waals surface area contributed by atoms with E-state index in [1.54, 1.807) is 0 Å². The van der Waals surface area contributed by atoms with Crippen LogP contribution in [-0.4, -0.2) is 46.3 Å². The highest BCUT2D eigenvalue weighted by Crippen LogP contribution is 2.31. The first kappa shape index (κ1) is 16.2. The largest absolute Gasteiger partial charge is 0.388 e. The Bertz CT molecular complexity index is 508. The second-order valence-electron chi connectivity index (χ2n) is 5.86. The number of nitrogens with zero attached hydrogens (tertiary/aromatic N) is 3. The lowest BCUT2D eigenvalue weighted by molar-refractivity contribution is -0.0237. The molecule has 0 amide bonds. The van der Waals surface area contributed by atoms with E-state index in [4.69, 9.17) is 11.6 Å². The molecule has 0 aliphatic heterocycles. The highest BCUT2D eigenvalue weighted by atomic mass is 35.5. The molecule has 0 radical (unpaired) electrons. The first-order valence-corrected chi connectivity index (χ1v) is 7.84. The van der Waals surface area contributed by atoms with Gasteiger partial charge in [0.25, 0.3) is 0 Å². The number of aryl methyl sites for hydroxylation is 1. The van der Waals surface area contributed by atoms with Gasteiger partial charge in [0.2, 0.25) is 0 Å². The first-order valence-electron chi connectivity index (χ1n) is 7.46. The Kier molecular flexibility index (Phi) is 5.17. The molecule has 2 rings (SSSR count). The fourth-order valence-electron chi connectivity index (χ4n) is 2.48. The molecular weight excluding hydrogens is 288 g/mol. The number of nitrogens with one attached hydrogen (secondary N) is 1. The zero-order valence-electron chi connectivity index (χ0n) is 13.1. The molecule has 0 saturated heterocycles. The maximum absolute atomic E-state index is 10.2. The molecule has 1 heterocycles. The standard InChI is InChI=1S/C15H25ClN4O/c1-4-17-14(18-11-15(21)6-5-7-15)20(3)10-13-8-12(16)9-19(13)2/h8-9,21H,4-7,10-11H2,1-3H3,(H,17,18). The molecule has 1 aromatic heterocycles. The SMILES string of the molecule is CCNC(=NCC1(O)CCC1)N(C)Cc1cc(Cl)cn1C. The Morgan fingerprint density at radius 3 is 2.76 bits per heavy atom. The molecule has 6 heteroatoms. The van der Waals surface area contributed by atoms with E-state index in [0.717, 1.165) is 42.5 Å². The van der Waals surface area contributed by atoms with Gasteiger partial charge in [0.1, 0.15) is 0 Å². The third kappa shape index (κ3) is 4.14. The van der Waals surface area contributed by atoms with Crippen molar-refractivity contribution in [3.8, 4) is 0 Å². The molecule has 1 aliphatic carbocycles. The van der Waals surface area contributed by atoms with Crippen LogP contribution in [0.1, 0.15) is 31.9 Å². The van der Waals surface area contributed by atoms with Crippen molar-refractivity contribution in [2.45, 2.75) is 38.3 Å². The van der Waals surface area contributed by atoms with Crippen molar-refractivity contribution in [2.75, 3.05) is 20.1 Å². The summed E-state index contributed by atoms with van der Waals surface area (Å²) in [5.74, 6) is 0.815. The summed E-state index contributed by atoms with van der Waals surface area (Å²) < 4.78 is 2.02. The monoisotopic (exact) mass is 312 g/mol. The van der Waals surface area contributed by atoms with Gasteiger partial charge in [-0.2, -0.15) is 0 Å². The maximum atomic E-state index is 10.2. The fraction of sp³-hybridized carbons (Fsp3) is 0.667. The van der Waals surface area contributed by atoms with Crippen molar-refractivity contribution in [1.29, 1.82) is 0 Å². The molecule has 0 spiro atoms. The lowest BCUT2D eigenvalue weighted by atomic mass is 9.80. The molecule has 1 fully saturated rings. The normalized spacial score (nSPS) is 17.5. The molecule has 0 aromatic carbocycles. The van der Waals surface area contributed by atoms with Gasteiger partial charge in [-0.3, -0.25) is 4.99 Å². The van der Waals surface area contributed by atoms with Gasteiger partial charge in [0.15, 0.2) is 5.96 Å². The average molecular weight is 313 g/mol. The zero-order chi connectivity index (χ0) is 15.5. The van der Waals surface area contributed by atoms with E-state index in [1.165, 1.54) is 0 Å². The second kappa shape index (κ2) is 6.71. The van der Waals surface area contributed by atoms with Crippen LogP contribution in [0.2, 0.25) is 5.02 Å². The topological polar surface area (TPSA) is 52.8 Å².